The minimum atomic E-state index is -4.17. The molecule has 1 unspecified atom stereocenters. The number of aromatic nitrogens is 3. The van der Waals surface area contributed by atoms with Crippen molar-refractivity contribution in [3.63, 3.8) is 0 Å². The number of aryl methyl sites for hydroxylation is 2. The summed E-state index contributed by atoms with van der Waals surface area (Å²) in [6, 6.07) is 0. The van der Waals surface area contributed by atoms with Gasteiger partial charge in [0.15, 0.2) is 16.5 Å². The molecule has 0 aromatic carbocycles. The molecule has 1 aliphatic rings. The summed E-state index contributed by atoms with van der Waals surface area (Å²) >= 11 is 0. The van der Waals surface area contributed by atoms with Crippen molar-refractivity contribution in [3.05, 3.63) is 40.0 Å². The molecule has 0 fully saturated rings. The lowest BCUT2D eigenvalue weighted by molar-refractivity contribution is 0.376. The van der Waals surface area contributed by atoms with Crippen molar-refractivity contribution < 1.29 is 17.5 Å². The highest BCUT2D eigenvalue weighted by Crippen LogP contribution is 2.29. The average Bonchev–Trinajstić information content (AvgIpc) is 3.03. The molecule has 2 heterocycles. The van der Waals surface area contributed by atoms with E-state index in [1.54, 1.807) is 0 Å². The van der Waals surface area contributed by atoms with E-state index in [-0.39, 0.29) is 28.1 Å². The number of nitrogens with zero attached hydrogens (tertiary/aromatic N) is 3. The van der Waals surface area contributed by atoms with Crippen LogP contribution in [0.2, 0.25) is 0 Å². The fourth-order valence-electron chi connectivity index (χ4n) is 2.65. The third-order valence-corrected chi connectivity index (χ3v) is 5.56. The van der Waals surface area contributed by atoms with Crippen LogP contribution in [0.15, 0.2) is 30.9 Å². The second kappa shape index (κ2) is 5.24. The molecule has 2 aromatic rings. The summed E-state index contributed by atoms with van der Waals surface area (Å²) in [6.07, 6.45) is 6.32. The number of hydrogen-bond donors (Lipinski definition) is 0. The van der Waals surface area contributed by atoms with Crippen LogP contribution in [-0.4, -0.2) is 22.7 Å². The highest BCUT2D eigenvalue weighted by atomic mass is 32.2. The Morgan fingerprint density at radius 3 is 2.64 bits per heavy atom. The van der Waals surface area contributed by atoms with Crippen molar-refractivity contribution in [1.82, 2.24) is 14.3 Å². The SMILES string of the molecule is Cc1noc(C)c1S(=O)(=O)n1c(C2C=CCCC2)noc1=O. The predicted molar refractivity (Wildman–Crippen MR) is 75.1 cm³/mol. The van der Waals surface area contributed by atoms with Gasteiger partial charge < -0.3 is 4.52 Å². The van der Waals surface area contributed by atoms with Gasteiger partial charge >= 0.3 is 5.76 Å². The fourth-order valence-corrected chi connectivity index (χ4v) is 4.29. The largest absolute Gasteiger partial charge is 0.456 e. The second-order valence-electron chi connectivity index (χ2n) is 5.19. The van der Waals surface area contributed by atoms with E-state index in [4.69, 9.17) is 4.52 Å². The van der Waals surface area contributed by atoms with Crippen molar-refractivity contribution in [1.29, 1.82) is 0 Å². The Balaban J connectivity index is 2.20. The summed E-state index contributed by atoms with van der Waals surface area (Å²) in [5, 5.41) is 7.30. The van der Waals surface area contributed by atoms with E-state index in [1.807, 2.05) is 12.2 Å². The first kappa shape index (κ1) is 14.8. The lowest BCUT2D eigenvalue weighted by Gasteiger charge is -2.15. The van der Waals surface area contributed by atoms with E-state index >= 15 is 0 Å². The van der Waals surface area contributed by atoms with Gasteiger partial charge in [0.25, 0.3) is 10.0 Å². The molecule has 3 rings (SSSR count). The van der Waals surface area contributed by atoms with Crippen LogP contribution in [0.5, 0.6) is 0 Å². The highest BCUT2D eigenvalue weighted by molar-refractivity contribution is 7.90. The van der Waals surface area contributed by atoms with Crippen molar-refractivity contribution in [2.75, 3.05) is 0 Å². The van der Waals surface area contributed by atoms with Gasteiger partial charge in [-0.25, -0.2) is 13.2 Å². The summed E-state index contributed by atoms with van der Waals surface area (Å²) in [7, 11) is -4.17. The number of hydrogen-bond acceptors (Lipinski definition) is 7. The Morgan fingerprint density at radius 1 is 1.27 bits per heavy atom. The van der Waals surface area contributed by atoms with E-state index in [1.165, 1.54) is 13.8 Å². The maximum Gasteiger partial charge on any atom is 0.456 e. The molecule has 118 valence electrons. The molecule has 0 saturated carbocycles. The van der Waals surface area contributed by atoms with Crippen LogP contribution in [0.1, 0.15) is 42.5 Å². The zero-order valence-corrected chi connectivity index (χ0v) is 13.0. The minimum Gasteiger partial charge on any atom is -0.360 e. The fraction of sp³-hybridized carbons (Fsp3) is 0.462. The van der Waals surface area contributed by atoms with Crippen LogP contribution in [0.3, 0.4) is 0 Å². The van der Waals surface area contributed by atoms with Crippen molar-refractivity contribution >= 4 is 10.0 Å². The van der Waals surface area contributed by atoms with Gasteiger partial charge in [-0.15, -0.1) is 3.97 Å². The first-order chi connectivity index (χ1) is 10.4. The highest BCUT2D eigenvalue weighted by Gasteiger charge is 2.33. The lowest BCUT2D eigenvalue weighted by Crippen LogP contribution is -2.27. The molecule has 0 N–H and O–H groups in total. The quantitative estimate of drug-likeness (QED) is 0.787. The van der Waals surface area contributed by atoms with Gasteiger partial charge in [-0.1, -0.05) is 22.5 Å². The van der Waals surface area contributed by atoms with Gasteiger partial charge in [-0.05, 0) is 33.1 Å². The van der Waals surface area contributed by atoms with Crippen LogP contribution < -0.4 is 5.76 Å². The number of allylic oxidation sites excluding steroid dienone is 2. The van der Waals surface area contributed by atoms with E-state index in [0.29, 0.717) is 10.4 Å². The van der Waals surface area contributed by atoms with Crippen LogP contribution in [0, 0.1) is 13.8 Å². The van der Waals surface area contributed by atoms with E-state index in [2.05, 4.69) is 14.8 Å². The third kappa shape index (κ3) is 2.21. The normalized spacial score (nSPS) is 18.7. The molecule has 0 amide bonds. The minimum absolute atomic E-state index is 0.0842. The van der Waals surface area contributed by atoms with Gasteiger partial charge in [-0.3, -0.25) is 4.52 Å². The lowest BCUT2D eigenvalue weighted by atomic mass is 9.95. The van der Waals surface area contributed by atoms with Crippen molar-refractivity contribution in [2.45, 2.75) is 43.9 Å². The van der Waals surface area contributed by atoms with E-state index < -0.39 is 15.8 Å². The summed E-state index contributed by atoms with van der Waals surface area (Å²) in [5.74, 6) is -1.10. The second-order valence-corrected chi connectivity index (χ2v) is 6.92. The molecule has 22 heavy (non-hydrogen) atoms. The monoisotopic (exact) mass is 325 g/mol. The summed E-state index contributed by atoms with van der Waals surface area (Å²) in [4.78, 5) is 11.8. The molecular weight excluding hydrogens is 310 g/mol. The molecule has 0 radical (unpaired) electrons. The summed E-state index contributed by atoms with van der Waals surface area (Å²) in [6.45, 7) is 2.98. The van der Waals surface area contributed by atoms with Gasteiger partial charge in [0.1, 0.15) is 5.69 Å². The topological polar surface area (TPSA) is 108 Å². The van der Waals surface area contributed by atoms with Crippen LogP contribution in [-0.2, 0) is 10.0 Å². The molecule has 1 atom stereocenters. The summed E-state index contributed by atoms with van der Waals surface area (Å²) in [5.41, 5.74) is 0.190. The van der Waals surface area contributed by atoms with Gasteiger partial charge in [0.2, 0.25) is 0 Å². The molecule has 0 aliphatic heterocycles. The smallest absolute Gasteiger partial charge is 0.360 e. The van der Waals surface area contributed by atoms with Gasteiger partial charge in [-0.2, -0.15) is 0 Å². The van der Waals surface area contributed by atoms with E-state index in [0.717, 1.165) is 12.8 Å². The van der Waals surface area contributed by atoms with Crippen LogP contribution >= 0.6 is 0 Å². The first-order valence-corrected chi connectivity index (χ1v) is 8.30. The Bertz CT molecular complexity index is 868. The van der Waals surface area contributed by atoms with Crippen LogP contribution in [0.25, 0.3) is 0 Å². The standard InChI is InChI=1S/C13H15N3O5S/c1-8-11(9(2)20-14-8)22(18,19)16-12(15-21-13(16)17)10-6-4-3-5-7-10/h4,6,10H,3,5,7H2,1-2H3. The summed E-state index contributed by atoms with van der Waals surface area (Å²) < 4.78 is 35.8. The van der Waals surface area contributed by atoms with E-state index in [9.17, 15) is 13.2 Å². The molecule has 0 bridgehead atoms. The third-order valence-electron chi connectivity index (χ3n) is 3.64. The zero-order chi connectivity index (χ0) is 15.9. The Morgan fingerprint density at radius 2 is 2.05 bits per heavy atom. The molecule has 1 aliphatic carbocycles. The maximum atomic E-state index is 12.8. The average molecular weight is 325 g/mol. The first-order valence-electron chi connectivity index (χ1n) is 6.86. The Kier molecular flexibility index (Phi) is 3.51. The van der Waals surface area contributed by atoms with Gasteiger partial charge in [0, 0.05) is 5.92 Å². The van der Waals surface area contributed by atoms with Gasteiger partial charge in [0.05, 0.1) is 0 Å². The predicted octanol–water partition coefficient (Wildman–Crippen LogP) is 1.50. The molecule has 8 nitrogen and oxygen atoms in total. The molecular formula is C13H15N3O5S. The molecule has 0 saturated heterocycles. The molecule has 2 aromatic heterocycles. The Labute approximate surface area is 126 Å². The number of rotatable bonds is 3. The molecule has 0 spiro atoms. The maximum absolute atomic E-state index is 12.8. The van der Waals surface area contributed by atoms with Crippen LogP contribution in [0.4, 0.5) is 0 Å². The molecule has 9 heteroatoms. The van der Waals surface area contributed by atoms with Crippen molar-refractivity contribution in [2.24, 2.45) is 0 Å². The van der Waals surface area contributed by atoms with Crippen molar-refractivity contribution in [3.8, 4) is 0 Å². The Hall–Kier alpha value is -2.16. The zero-order valence-electron chi connectivity index (χ0n) is 12.1.